The molecule has 164 valence electrons. The molecule has 1 saturated heterocycles. The van der Waals surface area contributed by atoms with Gasteiger partial charge in [-0.2, -0.15) is 5.26 Å². The summed E-state index contributed by atoms with van der Waals surface area (Å²) in [5, 5.41) is 15.4. The zero-order chi connectivity index (χ0) is 22.5. The van der Waals surface area contributed by atoms with E-state index in [1.165, 1.54) is 23.2 Å². The van der Waals surface area contributed by atoms with Crippen LogP contribution < -0.4 is 15.5 Å². The minimum atomic E-state index is -1.51. The number of aldehydes is 1. The number of amides is 2. The van der Waals surface area contributed by atoms with Crippen LogP contribution >= 0.6 is 0 Å². The third-order valence-electron chi connectivity index (χ3n) is 6.41. The Hall–Kier alpha value is -3.58. The summed E-state index contributed by atoms with van der Waals surface area (Å²) in [6.45, 7) is 2.70. The van der Waals surface area contributed by atoms with E-state index in [0.29, 0.717) is 29.0 Å². The first kappa shape index (κ1) is 20.3. The lowest BCUT2D eigenvalue weighted by Crippen LogP contribution is -2.60. The number of halogens is 1. The van der Waals surface area contributed by atoms with E-state index in [2.05, 4.69) is 38.6 Å². The van der Waals surface area contributed by atoms with Crippen molar-refractivity contribution >= 4 is 29.6 Å². The van der Waals surface area contributed by atoms with Gasteiger partial charge >= 0.3 is 6.03 Å². The van der Waals surface area contributed by atoms with Crippen LogP contribution in [0.1, 0.15) is 34.5 Å². The van der Waals surface area contributed by atoms with Gasteiger partial charge in [-0.15, -0.1) is 0 Å². The number of pyridine rings is 2. The van der Waals surface area contributed by atoms with Gasteiger partial charge in [-0.3, -0.25) is 15.0 Å². The third-order valence-corrected chi connectivity index (χ3v) is 6.41. The van der Waals surface area contributed by atoms with Crippen molar-refractivity contribution in [3.05, 3.63) is 41.2 Å². The second-order valence-electron chi connectivity index (χ2n) is 8.75. The number of hydrogen-bond acceptors (Lipinski definition) is 7. The maximum atomic E-state index is 15.0. The van der Waals surface area contributed by atoms with E-state index in [0.717, 1.165) is 19.6 Å². The molecular weight excluding hydrogens is 413 g/mol. The van der Waals surface area contributed by atoms with Gasteiger partial charge in [0.05, 0.1) is 11.3 Å². The number of urea groups is 1. The summed E-state index contributed by atoms with van der Waals surface area (Å²) in [6, 6.07) is 5.88. The number of carbonyl (C=O) groups is 2. The quantitative estimate of drug-likeness (QED) is 0.694. The lowest BCUT2D eigenvalue weighted by molar-refractivity contribution is 0.0284. The maximum Gasteiger partial charge on any atom is 0.328 e. The van der Waals surface area contributed by atoms with E-state index >= 15 is 4.39 Å². The third kappa shape index (κ3) is 3.35. The molecule has 2 aromatic heterocycles. The summed E-state index contributed by atoms with van der Waals surface area (Å²) in [4.78, 5) is 36.3. The van der Waals surface area contributed by atoms with E-state index < -0.39 is 11.7 Å². The van der Waals surface area contributed by atoms with Gasteiger partial charge in [-0.25, -0.2) is 19.2 Å². The zero-order valence-corrected chi connectivity index (χ0v) is 17.5. The average molecular weight is 435 g/mol. The van der Waals surface area contributed by atoms with E-state index in [4.69, 9.17) is 0 Å². The number of alkyl halides is 1. The molecule has 9 nitrogen and oxygen atoms in total. The van der Waals surface area contributed by atoms with Crippen molar-refractivity contribution in [2.45, 2.75) is 24.6 Å². The lowest BCUT2D eigenvalue weighted by Gasteiger charge is -2.52. The average Bonchev–Trinajstić information content (AvgIpc) is 2.74. The van der Waals surface area contributed by atoms with E-state index in [9.17, 15) is 14.9 Å². The highest BCUT2D eigenvalue weighted by Crippen LogP contribution is 2.55. The van der Waals surface area contributed by atoms with Crippen LogP contribution in [0.15, 0.2) is 24.4 Å². The molecule has 0 atom stereocenters. The summed E-state index contributed by atoms with van der Waals surface area (Å²) < 4.78 is 15.0. The first-order valence-corrected chi connectivity index (χ1v) is 10.5. The number of likely N-dealkylation sites (tertiary alicyclic amines) is 1. The molecule has 0 unspecified atom stereocenters. The minimum absolute atomic E-state index is 0.135. The molecule has 10 heteroatoms. The molecular formula is C22H22FN7O2. The van der Waals surface area contributed by atoms with Crippen LogP contribution in [0.3, 0.4) is 0 Å². The van der Waals surface area contributed by atoms with E-state index in [1.54, 1.807) is 6.07 Å². The fraction of sp³-hybridized carbons (Fsp3) is 0.409. The predicted octanol–water partition coefficient (Wildman–Crippen LogP) is 2.51. The second-order valence-corrected chi connectivity index (χ2v) is 8.75. The van der Waals surface area contributed by atoms with Gasteiger partial charge in [-0.05, 0) is 19.2 Å². The van der Waals surface area contributed by atoms with Crippen LogP contribution in [-0.4, -0.2) is 59.9 Å². The molecule has 1 saturated carbocycles. The number of nitrogens with zero attached hydrogens (tertiary/aromatic N) is 5. The van der Waals surface area contributed by atoms with Gasteiger partial charge in [-0.1, -0.05) is 0 Å². The molecule has 32 heavy (non-hydrogen) atoms. The largest absolute Gasteiger partial charge is 0.383 e. The molecule has 4 aliphatic rings. The molecule has 3 aliphatic heterocycles. The monoisotopic (exact) mass is 435 g/mol. The second kappa shape index (κ2) is 7.53. The number of nitrogens with one attached hydrogen (secondary N) is 2. The number of aromatic nitrogens is 2. The summed E-state index contributed by atoms with van der Waals surface area (Å²) in [5.74, 6) is 0.935. The Morgan fingerprint density at radius 3 is 2.88 bits per heavy atom. The Kier molecular flexibility index (Phi) is 4.78. The van der Waals surface area contributed by atoms with Gasteiger partial charge < -0.3 is 10.2 Å². The number of nitriles is 1. The summed E-state index contributed by atoms with van der Waals surface area (Å²) in [6.07, 6.45) is 2.37. The number of rotatable bonds is 5. The fourth-order valence-corrected chi connectivity index (χ4v) is 4.73. The molecule has 5 heterocycles. The Balaban J connectivity index is 1.36. The molecule has 0 aromatic carbocycles. The van der Waals surface area contributed by atoms with Gasteiger partial charge in [0, 0.05) is 62.3 Å². The van der Waals surface area contributed by atoms with Crippen LogP contribution in [0.2, 0.25) is 0 Å². The summed E-state index contributed by atoms with van der Waals surface area (Å²) >= 11 is 0. The van der Waals surface area contributed by atoms with Crippen LogP contribution in [0, 0.1) is 17.2 Å². The maximum absolute atomic E-state index is 15.0. The van der Waals surface area contributed by atoms with Gasteiger partial charge in [0.15, 0.2) is 6.29 Å². The molecule has 0 spiro atoms. The van der Waals surface area contributed by atoms with Crippen molar-refractivity contribution in [2.75, 3.05) is 42.2 Å². The number of carbonyl (C=O) groups excluding carboxylic acids is 2. The highest BCUT2D eigenvalue weighted by molar-refractivity contribution is 6.03. The fourth-order valence-electron chi connectivity index (χ4n) is 4.73. The summed E-state index contributed by atoms with van der Waals surface area (Å²) in [5.41, 5.74) is -0.0704. The smallest absolute Gasteiger partial charge is 0.328 e. The minimum Gasteiger partial charge on any atom is -0.383 e. The first-order valence-electron chi connectivity index (χ1n) is 10.5. The van der Waals surface area contributed by atoms with Crippen LogP contribution in [0.25, 0.3) is 0 Å². The molecule has 2 bridgehead atoms. The van der Waals surface area contributed by atoms with Crippen LogP contribution in [-0.2, 0) is 5.67 Å². The highest BCUT2D eigenvalue weighted by atomic mass is 19.1. The Morgan fingerprint density at radius 2 is 2.19 bits per heavy atom. The van der Waals surface area contributed by atoms with Crippen molar-refractivity contribution in [3.63, 3.8) is 0 Å². The van der Waals surface area contributed by atoms with E-state index in [-0.39, 0.29) is 36.2 Å². The molecule has 2 aromatic rings. The zero-order valence-electron chi connectivity index (χ0n) is 17.5. The molecule has 2 amide bonds. The topological polar surface area (TPSA) is 114 Å². The van der Waals surface area contributed by atoms with Crippen LogP contribution in [0.4, 0.5) is 26.5 Å². The predicted molar refractivity (Wildman–Crippen MR) is 115 cm³/mol. The first-order chi connectivity index (χ1) is 15.4. The molecule has 2 N–H and O–H groups in total. The van der Waals surface area contributed by atoms with E-state index in [1.807, 2.05) is 0 Å². The molecule has 6 rings (SSSR count). The summed E-state index contributed by atoms with van der Waals surface area (Å²) in [7, 11) is 2.05. The highest BCUT2D eigenvalue weighted by Gasteiger charge is 2.57. The van der Waals surface area contributed by atoms with Gasteiger partial charge in [0.25, 0.3) is 0 Å². The van der Waals surface area contributed by atoms with Crippen molar-refractivity contribution in [1.29, 1.82) is 5.26 Å². The Bertz CT molecular complexity index is 1140. The number of anilines is 3. The van der Waals surface area contributed by atoms with Crippen molar-refractivity contribution < 1.29 is 14.0 Å². The Labute approximate surface area is 184 Å². The molecule has 0 radical (unpaired) electrons. The molecule has 1 aliphatic carbocycles. The van der Waals surface area contributed by atoms with Crippen molar-refractivity contribution in [1.82, 2.24) is 14.9 Å². The van der Waals surface area contributed by atoms with Crippen LogP contribution in [0.5, 0.6) is 0 Å². The SMILES string of the molecule is CN1CC(CNc2cc(NC(=O)N3c4nc(C=O)ccc4C4(F)CC3C4)ncc2C#N)C1. The van der Waals surface area contributed by atoms with Gasteiger partial charge in [0.2, 0.25) is 0 Å². The van der Waals surface area contributed by atoms with Crippen molar-refractivity contribution in [3.8, 4) is 6.07 Å². The van der Waals surface area contributed by atoms with Crippen molar-refractivity contribution in [2.24, 2.45) is 5.92 Å². The normalized spacial score (nSPS) is 23.9. The van der Waals surface area contributed by atoms with Gasteiger partial charge in [0.1, 0.15) is 29.1 Å². The number of hydrogen-bond donors (Lipinski definition) is 2. The Morgan fingerprint density at radius 1 is 1.41 bits per heavy atom. The standard InChI is InChI=1S/C22H22FN7O2/c1-29-10-13(11-29)8-25-18-4-19(26-9-14(18)7-24)28-21(32)30-16-5-22(23,6-16)17-3-2-15(12-31)27-20(17)30/h2-4,9,12-13,16H,5-6,8,10-11H2,1H3,(H2,25,26,28,32). The molecule has 2 fully saturated rings. The lowest BCUT2D eigenvalue weighted by atomic mass is 9.69.